The highest BCUT2D eigenvalue weighted by Gasteiger charge is 2.23. The van der Waals surface area contributed by atoms with E-state index in [1.807, 2.05) is 27.2 Å². The summed E-state index contributed by atoms with van der Waals surface area (Å²) in [6, 6.07) is -0.884. The van der Waals surface area contributed by atoms with Crippen molar-refractivity contribution in [1.82, 2.24) is 5.32 Å². The van der Waals surface area contributed by atoms with Gasteiger partial charge in [0.15, 0.2) is 0 Å². The van der Waals surface area contributed by atoms with Gasteiger partial charge in [0.05, 0.1) is 39.9 Å². The van der Waals surface area contributed by atoms with Gasteiger partial charge in [0.1, 0.15) is 13.2 Å². The van der Waals surface area contributed by atoms with E-state index in [1.54, 1.807) is 6.08 Å². The standard InChI is InChI=1S/C42H79N2O6P/c1-6-8-10-12-13-14-15-16-17-18-19-20-21-22-23-24-25-26-27-28-29-30-31-32-34-36-42(46)43-40(41(45)35-33-11-9-7-2)39-50-51(47,48)49-38-37-44(3,4)5/h15-16,18-19,21-22,33,35,40-41,45H,6-14,17,20,23-32,34,36-39H2,1-5H3,(H-,43,46,47,48)/b16-15-,19-18-,22-21-,35-33+. The maximum Gasteiger partial charge on any atom is 0.268 e. The van der Waals surface area contributed by atoms with E-state index in [1.165, 1.54) is 89.9 Å². The first-order valence-electron chi connectivity index (χ1n) is 20.5. The number of nitrogens with one attached hydrogen (secondary N) is 1. The van der Waals surface area contributed by atoms with Gasteiger partial charge in [-0.2, -0.15) is 0 Å². The van der Waals surface area contributed by atoms with E-state index >= 15 is 0 Å². The number of rotatable bonds is 36. The maximum atomic E-state index is 12.7. The molecule has 298 valence electrons. The second-order valence-electron chi connectivity index (χ2n) is 15.0. The number of nitrogens with zero attached hydrogens (tertiary/aromatic N) is 1. The summed E-state index contributed by atoms with van der Waals surface area (Å²) < 4.78 is 22.9. The smallest absolute Gasteiger partial charge is 0.268 e. The average molecular weight is 739 g/mol. The van der Waals surface area contributed by atoms with Crippen molar-refractivity contribution >= 4 is 13.7 Å². The normalized spacial score (nSPS) is 15.0. The van der Waals surface area contributed by atoms with Crippen molar-refractivity contribution in [2.45, 2.75) is 174 Å². The predicted octanol–water partition coefficient (Wildman–Crippen LogP) is 10.3. The molecule has 0 spiro atoms. The van der Waals surface area contributed by atoms with Gasteiger partial charge >= 0.3 is 0 Å². The van der Waals surface area contributed by atoms with Crippen molar-refractivity contribution in [3.8, 4) is 0 Å². The summed E-state index contributed by atoms with van der Waals surface area (Å²) in [4.78, 5) is 25.0. The number of phosphoric acid groups is 1. The second kappa shape index (κ2) is 34.2. The molecule has 0 saturated carbocycles. The lowest BCUT2D eigenvalue weighted by Gasteiger charge is -2.29. The molecule has 3 unspecified atom stereocenters. The molecule has 8 nitrogen and oxygen atoms in total. The number of likely N-dealkylation sites (N-methyl/N-ethyl adjacent to an activating group) is 1. The number of hydrogen-bond donors (Lipinski definition) is 2. The topological polar surface area (TPSA) is 108 Å². The van der Waals surface area contributed by atoms with E-state index < -0.39 is 20.0 Å². The van der Waals surface area contributed by atoms with Crippen molar-refractivity contribution in [3.63, 3.8) is 0 Å². The number of phosphoric ester groups is 1. The largest absolute Gasteiger partial charge is 0.756 e. The van der Waals surface area contributed by atoms with Crippen molar-refractivity contribution in [1.29, 1.82) is 0 Å². The van der Waals surface area contributed by atoms with Crippen molar-refractivity contribution in [2.24, 2.45) is 0 Å². The summed E-state index contributed by atoms with van der Waals surface area (Å²) in [5, 5.41) is 13.5. The number of amides is 1. The molecule has 0 heterocycles. The molecule has 1 amide bonds. The van der Waals surface area contributed by atoms with Gasteiger partial charge in [-0.15, -0.1) is 0 Å². The Morgan fingerprint density at radius 2 is 1.16 bits per heavy atom. The van der Waals surface area contributed by atoms with E-state index in [2.05, 4.69) is 55.6 Å². The highest BCUT2D eigenvalue weighted by atomic mass is 31.2. The van der Waals surface area contributed by atoms with E-state index in [0.717, 1.165) is 51.4 Å². The zero-order valence-electron chi connectivity index (χ0n) is 33.5. The van der Waals surface area contributed by atoms with Gasteiger partial charge in [-0.1, -0.05) is 152 Å². The summed E-state index contributed by atoms with van der Waals surface area (Å²) in [5.41, 5.74) is 0. The van der Waals surface area contributed by atoms with Crippen LogP contribution in [0.1, 0.15) is 162 Å². The first kappa shape index (κ1) is 49.5. The fourth-order valence-corrected chi connectivity index (χ4v) is 6.16. The van der Waals surface area contributed by atoms with Crippen LogP contribution < -0.4 is 10.2 Å². The lowest BCUT2D eigenvalue weighted by molar-refractivity contribution is -0.870. The highest BCUT2D eigenvalue weighted by molar-refractivity contribution is 7.45. The molecule has 0 aliphatic heterocycles. The minimum atomic E-state index is -4.57. The number of aliphatic hydroxyl groups excluding tert-OH is 1. The van der Waals surface area contributed by atoms with Gasteiger partial charge in [0.25, 0.3) is 7.82 Å². The van der Waals surface area contributed by atoms with Crippen LogP contribution in [0.2, 0.25) is 0 Å². The Hall–Kier alpha value is -1.54. The number of quaternary nitrogens is 1. The predicted molar refractivity (Wildman–Crippen MR) is 214 cm³/mol. The Morgan fingerprint density at radius 3 is 1.69 bits per heavy atom. The Labute approximate surface area is 314 Å². The molecular weight excluding hydrogens is 659 g/mol. The van der Waals surface area contributed by atoms with Gasteiger partial charge in [-0.3, -0.25) is 9.36 Å². The molecule has 0 aliphatic rings. The molecule has 9 heteroatoms. The van der Waals surface area contributed by atoms with Crippen molar-refractivity contribution in [2.75, 3.05) is 40.9 Å². The molecule has 0 aliphatic carbocycles. The SMILES string of the molecule is CCCC/C=C/C(O)C(COP(=O)([O-])OCC[N+](C)(C)C)NC(=O)CCCCCCCCCCCC/C=C\C/C=C\C/C=C\CCCCCCC. The van der Waals surface area contributed by atoms with Crippen LogP contribution in [0.3, 0.4) is 0 Å². The van der Waals surface area contributed by atoms with Gasteiger partial charge in [-0.25, -0.2) is 0 Å². The Bertz CT molecular complexity index is 975. The lowest BCUT2D eigenvalue weighted by Crippen LogP contribution is -2.45. The summed E-state index contributed by atoms with van der Waals surface area (Å²) in [5.74, 6) is -0.214. The third kappa shape index (κ3) is 36.6. The fraction of sp³-hybridized carbons (Fsp3) is 0.786. The van der Waals surface area contributed by atoms with Crippen LogP contribution in [0.25, 0.3) is 0 Å². The van der Waals surface area contributed by atoms with Crippen LogP contribution in [0.4, 0.5) is 0 Å². The fourth-order valence-electron chi connectivity index (χ4n) is 5.44. The van der Waals surface area contributed by atoms with Crippen LogP contribution >= 0.6 is 7.82 Å². The van der Waals surface area contributed by atoms with Crippen LogP contribution in [-0.2, 0) is 18.4 Å². The highest BCUT2D eigenvalue weighted by Crippen LogP contribution is 2.38. The minimum Gasteiger partial charge on any atom is -0.756 e. The molecule has 0 saturated heterocycles. The van der Waals surface area contributed by atoms with Crippen molar-refractivity contribution < 1.29 is 32.9 Å². The number of hydrogen-bond acceptors (Lipinski definition) is 6. The average Bonchev–Trinajstić information content (AvgIpc) is 3.07. The quantitative estimate of drug-likeness (QED) is 0.0287. The molecule has 0 bridgehead atoms. The number of unbranched alkanes of at least 4 members (excludes halogenated alkanes) is 17. The Balaban J connectivity index is 4.03. The third-order valence-electron chi connectivity index (χ3n) is 8.78. The van der Waals surface area contributed by atoms with E-state index in [4.69, 9.17) is 9.05 Å². The van der Waals surface area contributed by atoms with Gasteiger partial charge in [0.2, 0.25) is 5.91 Å². The molecule has 0 aromatic rings. The molecule has 0 rings (SSSR count). The number of carbonyl (C=O) groups excluding carboxylic acids is 1. The third-order valence-corrected chi connectivity index (χ3v) is 9.75. The summed E-state index contributed by atoms with van der Waals surface area (Å²) >= 11 is 0. The van der Waals surface area contributed by atoms with Crippen LogP contribution in [0.15, 0.2) is 48.6 Å². The van der Waals surface area contributed by atoms with E-state index in [0.29, 0.717) is 17.4 Å². The number of carbonyl (C=O) groups is 1. The van der Waals surface area contributed by atoms with Gasteiger partial charge in [-0.05, 0) is 51.4 Å². The molecule has 0 aromatic heterocycles. The zero-order valence-corrected chi connectivity index (χ0v) is 34.4. The maximum absolute atomic E-state index is 12.7. The van der Waals surface area contributed by atoms with Crippen molar-refractivity contribution in [3.05, 3.63) is 48.6 Å². The molecular formula is C42H79N2O6P. The Morgan fingerprint density at radius 1 is 0.686 bits per heavy atom. The summed E-state index contributed by atoms with van der Waals surface area (Å²) in [6.07, 6.45) is 42.2. The van der Waals surface area contributed by atoms with Crippen LogP contribution in [0, 0.1) is 0 Å². The summed E-state index contributed by atoms with van der Waals surface area (Å²) in [7, 11) is 1.24. The molecule has 2 N–H and O–H groups in total. The minimum absolute atomic E-state index is 0.00480. The molecule has 3 atom stereocenters. The molecule has 0 aromatic carbocycles. The molecule has 0 radical (unpaired) electrons. The van der Waals surface area contributed by atoms with Gasteiger partial charge in [0, 0.05) is 6.42 Å². The zero-order chi connectivity index (χ0) is 37.9. The number of aliphatic hydroxyl groups is 1. The van der Waals surface area contributed by atoms with E-state index in [-0.39, 0.29) is 19.1 Å². The first-order chi connectivity index (χ1) is 24.5. The summed E-state index contributed by atoms with van der Waals surface area (Å²) in [6.45, 7) is 4.45. The lowest BCUT2D eigenvalue weighted by atomic mass is 10.0. The van der Waals surface area contributed by atoms with E-state index in [9.17, 15) is 19.4 Å². The first-order valence-corrected chi connectivity index (χ1v) is 22.0. The van der Waals surface area contributed by atoms with Gasteiger partial charge < -0.3 is 28.8 Å². The Kier molecular flexibility index (Phi) is 33.2. The molecule has 0 fully saturated rings. The molecule has 51 heavy (non-hydrogen) atoms. The van der Waals surface area contributed by atoms with Crippen LogP contribution in [-0.4, -0.2) is 68.5 Å². The number of allylic oxidation sites excluding steroid dienone is 7. The monoisotopic (exact) mass is 739 g/mol. The van der Waals surface area contributed by atoms with Crippen LogP contribution in [0.5, 0.6) is 0 Å². The second-order valence-corrected chi connectivity index (χ2v) is 16.4.